The number of aryl methyl sites for hydroxylation is 1. The Hall–Kier alpha value is -1.35. The molecule has 0 saturated heterocycles. The molecule has 0 bridgehead atoms. The van der Waals surface area contributed by atoms with Gasteiger partial charge in [0, 0.05) is 12.5 Å². The lowest BCUT2D eigenvalue weighted by atomic mass is 10.1. The molecule has 0 fully saturated rings. The van der Waals surface area contributed by atoms with Crippen LogP contribution in [0.1, 0.15) is 22.8 Å². The Kier molecular flexibility index (Phi) is 3.86. The van der Waals surface area contributed by atoms with E-state index < -0.39 is 0 Å². The summed E-state index contributed by atoms with van der Waals surface area (Å²) in [6.45, 7) is 3.29. The highest BCUT2D eigenvalue weighted by Gasteiger charge is 2.11. The number of carbonyl (C=O) groups is 2. The SMILES string of the molecule is CC(=O)Nc1cc(C)ccc1C(=O)CCl. The number of ketones is 1. The highest BCUT2D eigenvalue weighted by molar-refractivity contribution is 6.31. The van der Waals surface area contributed by atoms with E-state index in [9.17, 15) is 9.59 Å². The number of hydrogen-bond donors (Lipinski definition) is 1. The zero-order valence-corrected chi connectivity index (χ0v) is 9.39. The summed E-state index contributed by atoms with van der Waals surface area (Å²) in [5.74, 6) is -0.486. The van der Waals surface area contributed by atoms with E-state index in [1.54, 1.807) is 12.1 Å². The van der Waals surface area contributed by atoms with Crippen molar-refractivity contribution in [2.45, 2.75) is 13.8 Å². The molecule has 0 heterocycles. The Morgan fingerprint density at radius 1 is 1.40 bits per heavy atom. The van der Waals surface area contributed by atoms with Gasteiger partial charge in [0.1, 0.15) is 0 Å². The number of halogens is 1. The smallest absolute Gasteiger partial charge is 0.221 e. The normalized spacial score (nSPS) is 9.80. The second-order valence-corrected chi connectivity index (χ2v) is 3.55. The van der Waals surface area contributed by atoms with Gasteiger partial charge in [-0.2, -0.15) is 0 Å². The molecule has 4 heteroatoms. The topological polar surface area (TPSA) is 46.2 Å². The number of hydrogen-bond acceptors (Lipinski definition) is 2. The molecule has 0 radical (unpaired) electrons. The Morgan fingerprint density at radius 3 is 2.60 bits per heavy atom. The van der Waals surface area contributed by atoms with Crippen LogP contribution in [0.5, 0.6) is 0 Å². The van der Waals surface area contributed by atoms with Crippen molar-refractivity contribution in [3.8, 4) is 0 Å². The van der Waals surface area contributed by atoms with Crippen molar-refractivity contribution in [2.24, 2.45) is 0 Å². The van der Waals surface area contributed by atoms with Gasteiger partial charge in [0.2, 0.25) is 5.91 Å². The summed E-state index contributed by atoms with van der Waals surface area (Å²) in [5, 5.41) is 2.61. The Bertz CT molecular complexity index is 402. The van der Waals surface area contributed by atoms with Crippen LogP contribution in [0, 0.1) is 6.92 Å². The Balaban J connectivity index is 3.13. The maximum absolute atomic E-state index is 11.4. The number of anilines is 1. The van der Waals surface area contributed by atoms with Gasteiger partial charge in [-0.05, 0) is 24.6 Å². The first-order chi connectivity index (χ1) is 7.04. The fourth-order valence-corrected chi connectivity index (χ4v) is 1.41. The number of nitrogens with one attached hydrogen (secondary N) is 1. The maximum atomic E-state index is 11.4. The summed E-state index contributed by atoms with van der Waals surface area (Å²) in [7, 11) is 0. The third-order valence-corrected chi connectivity index (χ3v) is 2.15. The molecule has 80 valence electrons. The lowest BCUT2D eigenvalue weighted by molar-refractivity contribution is -0.114. The van der Waals surface area contributed by atoms with Crippen LogP contribution in [0.25, 0.3) is 0 Å². The van der Waals surface area contributed by atoms with Gasteiger partial charge in [-0.3, -0.25) is 9.59 Å². The van der Waals surface area contributed by atoms with Crippen LogP contribution in [-0.4, -0.2) is 17.6 Å². The molecule has 1 rings (SSSR count). The molecule has 0 aliphatic rings. The van der Waals surface area contributed by atoms with Crippen molar-refractivity contribution in [3.63, 3.8) is 0 Å². The van der Waals surface area contributed by atoms with Gasteiger partial charge in [0.25, 0.3) is 0 Å². The van der Waals surface area contributed by atoms with Crippen LogP contribution in [0.15, 0.2) is 18.2 Å². The predicted molar refractivity (Wildman–Crippen MR) is 60.5 cm³/mol. The lowest BCUT2D eigenvalue weighted by Crippen LogP contribution is -2.11. The number of rotatable bonds is 3. The van der Waals surface area contributed by atoms with Crippen LogP contribution in [0.3, 0.4) is 0 Å². The summed E-state index contributed by atoms with van der Waals surface area (Å²) < 4.78 is 0. The Morgan fingerprint density at radius 2 is 2.07 bits per heavy atom. The van der Waals surface area contributed by atoms with Gasteiger partial charge in [0.15, 0.2) is 5.78 Å². The third kappa shape index (κ3) is 3.06. The van der Waals surface area contributed by atoms with Crippen molar-refractivity contribution in [3.05, 3.63) is 29.3 Å². The molecule has 0 aromatic heterocycles. The van der Waals surface area contributed by atoms with Crippen LogP contribution in [0.2, 0.25) is 0 Å². The van der Waals surface area contributed by atoms with Crippen molar-refractivity contribution >= 4 is 29.0 Å². The van der Waals surface area contributed by atoms with Gasteiger partial charge in [0.05, 0.1) is 11.6 Å². The zero-order valence-electron chi connectivity index (χ0n) is 8.63. The molecule has 1 N–H and O–H groups in total. The first kappa shape index (κ1) is 11.7. The highest BCUT2D eigenvalue weighted by atomic mass is 35.5. The van der Waals surface area contributed by atoms with Crippen LogP contribution in [-0.2, 0) is 4.79 Å². The molecule has 0 unspecified atom stereocenters. The molecule has 1 amide bonds. The zero-order chi connectivity index (χ0) is 11.4. The number of carbonyl (C=O) groups excluding carboxylic acids is 2. The van der Waals surface area contributed by atoms with Gasteiger partial charge in [-0.25, -0.2) is 0 Å². The molecule has 0 aliphatic carbocycles. The fraction of sp³-hybridized carbons (Fsp3) is 0.273. The minimum absolute atomic E-state index is 0.0877. The predicted octanol–water partition coefficient (Wildman–Crippen LogP) is 2.37. The van der Waals surface area contributed by atoms with E-state index in [2.05, 4.69) is 5.32 Å². The minimum atomic E-state index is -0.204. The average molecular weight is 226 g/mol. The van der Waals surface area contributed by atoms with Crippen LogP contribution < -0.4 is 5.32 Å². The van der Waals surface area contributed by atoms with Gasteiger partial charge in [-0.1, -0.05) is 6.07 Å². The minimum Gasteiger partial charge on any atom is -0.326 e. The van der Waals surface area contributed by atoms with Crippen molar-refractivity contribution in [1.82, 2.24) is 0 Å². The molecular weight excluding hydrogens is 214 g/mol. The molecular formula is C11H12ClNO2. The van der Waals surface area contributed by atoms with E-state index >= 15 is 0 Å². The molecule has 1 aromatic carbocycles. The first-order valence-electron chi connectivity index (χ1n) is 4.52. The molecule has 0 spiro atoms. The van der Waals surface area contributed by atoms with E-state index in [1.807, 2.05) is 13.0 Å². The van der Waals surface area contributed by atoms with Crippen molar-refractivity contribution in [1.29, 1.82) is 0 Å². The quantitative estimate of drug-likeness (QED) is 0.634. The van der Waals surface area contributed by atoms with E-state index in [1.165, 1.54) is 6.92 Å². The summed E-state index contributed by atoms with van der Waals surface area (Å²) in [5.41, 5.74) is 1.95. The van der Waals surface area contributed by atoms with E-state index in [0.717, 1.165) is 5.56 Å². The number of alkyl halides is 1. The standard InChI is InChI=1S/C11H12ClNO2/c1-7-3-4-9(11(15)6-12)10(5-7)13-8(2)14/h3-5H,6H2,1-2H3,(H,13,14). The number of benzene rings is 1. The largest absolute Gasteiger partial charge is 0.326 e. The van der Waals surface area contributed by atoms with E-state index in [4.69, 9.17) is 11.6 Å². The monoisotopic (exact) mass is 225 g/mol. The molecule has 1 aromatic rings. The molecule has 0 saturated carbocycles. The second kappa shape index (κ2) is 4.94. The lowest BCUT2D eigenvalue weighted by Gasteiger charge is -2.08. The van der Waals surface area contributed by atoms with Crippen LogP contribution in [0.4, 0.5) is 5.69 Å². The highest BCUT2D eigenvalue weighted by Crippen LogP contribution is 2.18. The fourth-order valence-electron chi connectivity index (χ4n) is 1.27. The average Bonchev–Trinajstić information content (AvgIpc) is 2.16. The van der Waals surface area contributed by atoms with E-state index in [0.29, 0.717) is 11.3 Å². The van der Waals surface area contributed by atoms with E-state index in [-0.39, 0.29) is 17.6 Å². The number of amides is 1. The Labute approximate surface area is 93.4 Å². The molecule has 3 nitrogen and oxygen atoms in total. The summed E-state index contributed by atoms with van der Waals surface area (Å²) >= 11 is 5.47. The van der Waals surface area contributed by atoms with Gasteiger partial charge >= 0.3 is 0 Å². The van der Waals surface area contributed by atoms with Gasteiger partial charge < -0.3 is 5.32 Å². The van der Waals surface area contributed by atoms with Crippen LogP contribution >= 0.6 is 11.6 Å². The summed E-state index contributed by atoms with van der Waals surface area (Å²) in [6.07, 6.45) is 0. The number of Topliss-reactive ketones (excluding diaryl/α,β-unsaturated/α-hetero) is 1. The van der Waals surface area contributed by atoms with Gasteiger partial charge in [-0.15, -0.1) is 11.6 Å². The summed E-state index contributed by atoms with van der Waals surface area (Å²) in [6, 6.07) is 5.23. The second-order valence-electron chi connectivity index (χ2n) is 3.29. The molecule has 0 atom stereocenters. The third-order valence-electron chi connectivity index (χ3n) is 1.91. The molecule has 15 heavy (non-hydrogen) atoms. The maximum Gasteiger partial charge on any atom is 0.221 e. The van der Waals surface area contributed by atoms with Crippen molar-refractivity contribution < 1.29 is 9.59 Å². The summed E-state index contributed by atoms with van der Waals surface area (Å²) in [4.78, 5) is 22.4. The van der Waals surface area contributed by atoms with Crippen molar-refractivity contribution in [2.75, 3.05) is 11.2 Å². The first-order valence-corrected chi connectivity index (χ1v) is 5.05. The molecule has 0 aliphatic heterocycles.